The number of nitrogens with one attached hydrogen (secondary N) is 1. The number of nitrogens with two attached hydrogens (primary N) is 1. The molecule has 2 aliphatic rings. The van der Waals surface area contributed by atoms with Crippen molar-refractivity contribution in [1.29, 1.82) is 0 Å². The van der Waals surface area contributed by atoms with Crippen LogP contribution in [0.25, 0.3) is 5.82 Å². The Labute approximate surface area is 257 Å². The van der Waals surface area contributed by atoms with Crippen molar-refractivity contribution >= 4 is 24.0 Å². The van der Waals surface area contributed by atoms with Gasteiger partial charge in [-0.25, -0.2) is 9.67 Å². The summed E-state index contributed by atoms with van der Waals surface area (Å²) in [5.74, 6) is 0.161. The molecule has 4 heterocycles. The van der Waals surface area contributed by atoms with E-state index in [9.17, 15) is 22.4 Å². The van der Waals surface area contributed by atoms with E-state index < -0.39 is 23.4 Å². The number of halogens is 4. The van der Waals surface area contributed by atoms with E-state index >= 15 is 0 Å². The third-order valence-corrected chi connectivity index (χ3v) is 8.70. The number of amides is 1. The largest absolute Gasteiger partial charge is 0.477 e. The van der Waals surface area contributed by atoms with E-state index in [1.54, 1.807) is 24.4 Å². The van der Waals surface area contributed by atoms with Gasteiger partial charge < -0.3 is 19.6 Å². The molecule has 3 aromatic heterocycles. The molecule has 1 unspecified atom stereocenters. The van der Waals surface area contributed by atoms with Crippen molar-refractivity contribution in [3.8, 4) is 17.6 Å². The zero-order chi connectivity index (χ0) is 31.5. The summed E-state index contributed by atoms with van der Waals surface area (Å²) in [7, 11) is 0. The number of carbonyl (C=O) groups excluding carboxylic acids is 1. The number of carbonyl (C=O) groups is 1. The van der Waals surface area contributed by atoms with Crippen molar-refractivity contribution in [2.45, 2.75) is 64.1 Å². The van der Waals surface area contributed by atoms with Gasteiger partial charge in [0.05, 0.1) is 17.6 Å². The van der Waals surface area contributed by atoms with E-state index in [1.807, 2.05) is 0 Å². The summed E-state index contributed by atoms with van der Waals surface area (Å²) in [6.45, 7) is 5.33. The van der Waals surface area contributed by atoms with Crippen LogP contribution in [0.2, 0.25) is 0 Å². The van der Waals surface area contributed by atoms with Gasteiger partial charge in [0.2, 0.25) is 17.7 Å². The van der Waals surface area contributed by atoms with E-state index in [0.29, 0.717) is 42.9 Å². The van der Waals surface area contributed by atoms with E-state index in [2.05, 4.69) is 33.6 Å². The Bertz CT molecular complexity index is 1460. The van der Waals surface area contributed by atoms with Gasteiger partial charge in [0.1, 0.15) is 5.82 Å². The van der Waals surface area contributed by atoms with Gasteiger partial charge in [0.15, 0.2) is 18.0 Å². The Morgan fingerprint density at radius 2 is 1.95 bits per heavy atom. The van der Waals surface area contributed by atoms with Crippen molar-refractivity contribution in [2.75, 3.05) is 24.6 Å². The average molecular weight is 638 g/mol. The summed E-state index contributed by atoms with van der Waals surface area (Å²) >= 11 is 0.606. The monoisotopic (exact) mass is 637 g/mol. The van der Waals surface area contributed by atoms with Gasteiger partial charge in [-0.15, -0.1) is 5.10 Å². The summed E-state index contributed by atoms with van der Waals surface area (Å²) in [5, 5.41) is 4.36. The summed E-state index contributed by atoms with van der Waals surface area (Å²) < 4.78 is 68.1. The molecule has 1 aliphatic carbocycles. The van der Waals surface area contributed by atoms with Crippen LogP contribution in [-0.2, 0) is 0 Å². The Morgan fingerprint density at radius 1 is 1.16 bits per heavy atom. The lowest BCUT2D eigenvalue weighted by atomic mass is 9.93. The molecular weight excluding hydrogens is 602 g/mol. The molecule has 0 radical (unpaired) electrons. The quantitative estimate of drug-likeness (QED) is 0.106. The predicted octanol–water partition coefficient (Wildman–Crippen LogP) is 5.63. The highest BCUT2D eigenvalue weighted by Gasteiger charge is 2.62. The van der Waals surface area contributed by atoms with Crippen molar-refractivity contribution in [1.82, 2.24) is 24.5 Å². The molecule has 1 saturated heterocycles. The summed E-state index contributed by atoms with van der Waals surface area (Å²) in [4.78, 5) is 23.9. The summed E-state index contributed by atoms with van der Waals surface area (Å²) in [6.07, 6.45) is 0.185. The first kappa shape index (κ1) is 31.8. The third-order valence-electron chi connectivity index (χ3n) is 8.17. The molecule has 44 heavy (non-hydrogen) atoms. The first-order chi connectivity index (χ1) is 20.9. The lowest BCUT2D eigenvalue weighted by Gasteiger charge is -2.33. The molecule has 10 nitrogen and oxygen atoms in total. The molecular formula is C29H35F4N7O3S. The molecule has 1 amide bonds. The second kappa shape index (κ2) is 12.8. The smallest absolute Gasteiger partial charge is 0.394 e. The van der Waals surface area contributed by atoms with E-state index in [4.69, 9.17) is 19.6 Å². The minimum atomic E-state index is -4.24. The molecule has 0 aromatic carbocycles. The summed E-state index contributed by atoms with van der Waals surface area (Å²) in [6, 6.07) is 8.88. The minimum absolute atomic E-state index is 0.00479. The molecule has 5 rings (SSSR count). The molecule has 3 aromatic rings. The maximum atomic E-state index is 13.4. The number of rotatable bonds is 13. The standard InChI is InChI=1S/C29H35F4N7O3S/c1-27(2)17-19(5-4-14-34)18-39(27)25-20(26(41)38-44-43-23-7-3-6-21(30)35-23)8-9-22(36-25)40-15-10-24(37-40)42-16-13-28(11-12-28)29(31,32)33/h3,6-10,15,19H,4-5,11-14,16-18,34H2,1-2H3,(H,38,41). The van der Waals surface area contributed by atoms with Crippen molar-refractivity contribution < 1.29 is 31.3 Å². The fraction of sp³-hybridized carbons (Fsp3) is 0.517. The van der Waals surface area contributed by atoms with Crippen LogP contribution in [0.4, 0.5) is 23.4 Å². The molecule has 0 bridgehead atoms. The minimum Gasteiger partial charge on any atom is -0.477 e. The molecule has 3 N–H and O–H groups in total. The number of alkyl halides is 3. The maximum Gasteiger partial charge on any atom is 0.394 e. The van der Waals surface area contributed by atoms with Crippen LogP contribution < -0.4 is 24.3 Å². The van der Waals surface area contributed by atoms with Crippen LogP contribution in [-0.4, -0.2) is 57.1 Å². The topological polar surface area (TPSA) is 120 Å². The van der Waals surface area contributed by atoms with E-state index in [0.717, 1.165) is 19.3 Å². The third kappa shape index (κ3) is 7.20. The molecule has 0 spiro atoms. The van der Waals surface area contributed by atoms with Gasteiger partial charge in [0.25, 0.3) is 5.91 Å². The van der Waals surface area contributed by atoms with Crippen LogP contribution in [0.3, 0.4) is 0 Å². The highest BCUT2D eigenvalue weighted by molar-refractivity contribution is 7.93. The number of aromatic nitrogens is 4. The van der Waals surface area contributed by atoms with Crippen LogP contribution in [0, 0.1) is 17.3 Å². The van der Waals surface area contributed by atoms with Gasteiger partial charge in [-0.3, -0.25) is 9.52 Å². The highest BCUT2D eigenvalue weighted by atomic mass is 32.2. The number of pyridine rings is 2. The normalized spacial score (nSPS) is 18.7. The molecule has 1 atom stereocenters. The number of hydrogen-bond donors (Lipinski definition) is 2. The van der Waals surface area contributed by atoms with Gasteiger partial charge >= 0.3 is 6.18 Å². The van der Waals surface area contributed by atoms with Crippen LogP contribution >= 0.6 is 12.2 Å². The lowest BCUT2D eigenvalue weighted by Crippen LogP contribution is -2.40. The van der Waals surface area contributed by atoms with Gasteiger partial charge in [-0.1, -0.05) is 6.07 Å². The van der Waals surface area contributed by atoms with Crippen LogP contribution in [0.15, 0.2) is 42.6 Å². The second-order valence-corrected chi connectivity index (χ2v) is 12.4. The van der Waals surface area contributed by atoms with Crippen LogP contribution in [0.1, 0.15) is 62.7 Å². The van der Waals surface area contributed by atoms with E-state index in [-0.39, 0.29) is 48.7 Å². The first-order valence-corrected chi connectivity index (χ1v) is 15.2. The molecule has 238 valence electrons. The van der Waals surface area contributed by atoms with Gasteiger partial charge in [0, 0.05) is 30.4 Å². The molecule has 15 heteroatoms. The van der Waals surface area contributed by atoms with Crippen LogP contribution in [0.5, 0.6) is 11.8 Å². The first-order valence-electron chi connectivity index (χ1n) is 14.4. The maximum absolute atomic E-state index is 13.4. The van der Waals surface area contributed by atoms with Crippen molar-refractivity contribution in [3.63, 3.8) is 0 Å². The van der Waals surface area contributed by atoms with Gasteiger partial charge in [-0.2, -0.15) is 22.5 Å². The van der Waals surface area contributed by atoms with E-state index in [1.165, 1.54) is 22.9 Å². The number of hydrogen-bond acceptors (Lipinski definition) is 9. The van der Waals surface area contributed by atoms with Gasteiger partial charge in [-0.05, 0) is 83.0 Å². The van der Waals surface area contributed by atoms with Crippen molar-refractivity contribution in [2.24, 2.45) is 17.1 Å². The van der Waals surface area contributed by atoms with Crippen molar-refractivity contribution in [3.05, 3.63) is 54.1 Å². The average Bonchev–Trinajstić information content (AvgIpc) is 3.52. The zero-order valence-corrected chi connectivity index (χ0v) is 25.3. The summed E-state index contributed by atoms with van der Waals surface area (Å²) in [5.41, 5.74) is 4.06. The Balaban J connectivity index is 1.34. The Kier molecular flexibility index (Phi) is 9.25. The Morgan fingerprint density at radius 3 is 2.66 bits per heavy atom. The second-order valence-electron chi connectivity index (χ2n) is 11.8. The molecule has 2 fully saturated rings. The zero-order valence-electron chi connectivity index (χ0n) is 24.4. The lowest BCUT2D eigenvalue weighted by molar-refractivity contribution is -0.190. The predicted molar refractivity (Wildman–Crippen MR) is 157 cm³/mol. The highest BCUT2D eigenvalue weighted by Crippen LogP contribution is 2.59. The molecule has 1 saturated carbocycles. The number of nitrogens with zero attached hydrogens (tertiary/aromatic N) is 5. The number of ether oxygens (including phenoxy) is 1. The number of anilines is 1. The fourth-order valence-corrected chi connectivity index (χ4v) is 6.00. The SMILES string of the molecule is CC1(C)CC(CCCN)CN1c1nc(-n2ccc(OCCC3(C(F)(F)F)CC3)n2)ccc1C(=O)NSOc1cccc(F)n1. The fourth-order valence-electron chi connectivity index (χ4n) is 5.59. The Hall–Kier alpha value is -3.59. The molecule has 1 aliphatic heterocycles.